The number of methoxy groups -OCH3 is 1. The Morgan fingerprint density at radius 3 is 2.37 bits per heavy atom. The molecule has 1 heterocycles. The number of aromatic hydroxyl groups is 1. The van der Waals surface area contributed by atoms with E-state index in [2.05, 4.69) is 15.0 Å². The number of esters is 1. The Morgan fingerprint density at radius 1 is 1.15 bits per heavy atom. The zero-order valence-electron chi connectivity index (χ0n) is 14.7. The summed E-state index contributed by atoms with van der Waals surface area (Å²) in [4.78, 5) is 27.7. The Bertz CT molecular complexity index is 879. The molecule has 0 radical (unpaired) electrons. The number of benzene rings is 1. The molecule has 2 aromatic rings. The van der Waals surface area contributed by atoms with Crippen molar-refractivity contribution in [2.75, 3.05) is 7.11 Å². The predicted molar refractivity (Wildman–Crippen MR) is 89.9 cm³/mol. The number of pyridine rings is 1. The lowest BCUT2D eigenvalue weighted by Gasteiger charge is -2.23. The lowest BCUT2D eigenvalue weighted by atomic mass is 10.0. The number of ether oxygens (including phenoxy) is 1. The van der Waals surface area contributed by atoms with Crippen molar-refractivity contribution in [3.63, 3.8) is 0 Å². The standard InChI is InChI=1S/C18H17F3N2O4/c1-17(2,16(26)27-3)23-15(25)14-13(24)8-11(9-22-14)10-5-4-6-12(7-10)18(19,20)21/h4-9,24H,1-3H3,(H,23,25). The van der Waals surface area contributed by atoms with E-state index < -0.39 is 34.9 Å². The van der Waals surface area contributed by atoms with Crippen LogP contribution in [-0.2, 0) is 15.7 Å². The van der Waals surface area contributed by atoms with Crippen LogP contribution in [0.1, 0.15) is 29.9 Å². The molecule has 0 unspecified atom stereocenters. The van der Waals surface area contributed by atoms with E-state index in [4.69, 9.17) is 0 Å². The Morgan fingerprint density at radius 2 is 1.81 bits per heavy atom. The SMILES string of the molecule is COC(=O)C(C)(C)NC(=O)c1ncc(-c2cccc(C(F)(F)F)c2)cc1O. The summed E-state index contributed by atoms with van der Waals surface area (Å²) < 4.78 is 43.1. The molecule has 1 aromatic carbocycles. The fraction of sp³-hybridized carbons (Fsp3) is 0.278. The Labute approximate surface area is 153 Å². The summed E-state index contributed by atoms with van der Waals surface area (Å²) in [7, 11) is 1.16. The second-order valence-electron chi connectivity index (χ2n) is 6.24. The third-order valence-corrected chi connectivity index (χ3v) is 3.73. The van der Waals surface area contributed by atoms with Crippen molar-refractivity contribution in [3.8, 4) is 16.9 Å². The quantitative estimate of drug-likeness (QED) is 0.793. The van der Waals surface area contributed by atoms with Crippen molar-refractivity contribution >= 4 is 11.9 Å². The molecule has 0 aliphatic rings. The van der Waals surface area contributed by atoms with Crippen LogP contribution >= 0.6 is 0 Å². The Kier molecular flexibility index (Phi) is 5.43. The Hall–Kier alpha value is -3.10. The summed E-state index contributed by atoms with van der Waals surface area (Å²) in [5, 5.41) is 12.5. The van der Waals surface area contributed by atoms with Crippen LogP contribution in [-0.4, -0.2) is 34.6 Å². The molecule has 1 amide bonds. The molecule has 2 rings (SSSR count). The van der Waals surface area contributed by atoms with Gasteiger partial charge in [0.1, 0.15) is 11.3 Å². The van der Waals surface area contributed by atoms with E-state index in [1.165, 1.54) is 26.0 Å². The number of nitrogens with zero attached hydrogens (tertiary/aromatic N) is 1. The van der Waals surface area contributed by atoms with Crippen molar-refractivity contribution in [2.45, 2.75) is 25.6 Å². The second kappa shape index (κ2) is 7.26. The number of hydrogen-bond acceptors (Lipinski definition) is 5. The zero-order valence-corrected chi connectivity index (χ0v) is 14.7. The normalized spacial score (nSPS) is 11.8. The van der Waals surface area contributed by atoms with Gasteiger partial charge in [-0.05, 0) is 37.6 Å². The van der Waals surface area contributed by atoms with Gasteiger partial charge in [0.15, 0.2) is 5.69 Å². The molecule has 0 atom stereocenters. The third-order valence-electron chi connectivity index (χ3n) is 3.73. The van der Waals surface area contributed by atoms with Crippen LogP contribution in [0.2, 0.25) is 0 Å². The molecule has 27 heavy (non-hydrogen) atoms. The second-order valence-corrected chi connectivity index (χ2v) is 6.24. The van der Waals surface area contributed by atoms with Gasteiger partial charge in [-0.25, -0.2) is 9.78 Å². The molecule has 9 heteroatoms. The van der Waals surface area contributed by atoms with E-state index in [1.807, 2.05) is 0 Å². The minimum absolute atomic E-state index is 0.175. The maximum Gasteiger partial charge on any atom is 0.416 e. The minimum atomic E-state index is -4.51. The Balaban J connectivity index is 2.31. The van der Waals surface area contributed by atoms with E-state index in [0.29, 0.717) is 0 Å². The zero-order chi connectivity index (χ0) is 20.4. The van der Waals surface area contributed by atoms with Crippen molar-refractivity contribution in [1.82, 2.24) is 10.3 Å². The van der Waals surface area contributed by atoms with Gasteiger partial charge >= 0.3 is 12.1 Å². The molecule has 0 fully saturated rings. The number of carbonyl (C=O) groups excluding carboxylic acids is 2. The van der Waals surface area contributed by atoms with E-state index in [1.54, 1.807) is 0 Å². The topological polar surface area (TPSA) is 88.5 Å². The minimum Gasteiger partial charge on any atom is -0.505 e. The molecule has 0 bridgehead atoms. The van der Waals surface area contributed by atoms with Crippen molar-refractivity contribution < 1.29 is 32.6 Å². The van der Waals surface area contributed by atoms with Crippen LogP contribution in [0.3, 0.4) is 0 Å². The van der Waals surface area contributed by atoms with E-state index in [-0.39, 0.29) is 16.8 Å². The summed E-state index contributed by atoms with van der Waals surface area (Å²) in [6, 6.07) is 5.62. The van der Waals surface area contributed by atoms with Crippen LogP contribution in [0.5, 0.6) is 5.75 Å². The average molecular weight is 382 g/mol. The first kappa shape index (κ1) is 20.2. The summed E-state index contributed by atoms with van der Waals surface area (Å²) in [5.74, 6) is -2.07. The maximum atomic E-state index is 12.8. The number of hydrogen-bond donors (Lipinski definition) is 2. The van der Waals surface area contributed by atoms with Gasteiger partial charge in [-0.1, -0.05) is 12.1 Å². The van der Waals surface area contributed by atoms with Gasteiger partial charge in [0.2, 0.25) is 0 Å². The summed E-state index contributed by atoms with van der Waals surface area (Å²) >= 11 is 0. The molecule has 2 N–H and O–H groups in total. The number of nitrogens with one attached hydrogen (secondary N) is 1. The first-order valence-electron chi connectivity index (χ1n) is 7.73. The number of amides is 1. The van der Waals surface area contributed by atoms with Gasteiger partial charge in [-0.3, -0.25) is 4.79 Å². The van der Waals surface area contributed by atoms with Crippen molar-refractivity contribution in [3.05, 3.63) is 47.8 Å². The van der Waals surface area contributed by atoms with Crippen LogP contribution < -0.4 is 5.32 Å². The highest BCUT2D eigenvalue weighted by molar-refractivity contribution is 5.98. The third kappa shape index (κ3) is 4.55. The number of halogens is 3. The summed E-state index contributed by atoms with van der Waals surface area (Å²) in [6.07, 6.45) is -3.35. The molecule has 0 aliphatic heterocycles. The number of carbonyl (C=O) groups is 2. The van der Waals surface area contributed by atoms with Gasteiger partial charge in [0, 0.05) is 11.8 Å². The number of alkyl halides is 3. The van der Waals surface area contributed by atoms with Gasteiger partial charge in [-0.15, -0.1) is 0 Å². The average Bonchev–Trinajstić information content (AvgIpc) is 2.59. The largest absolute Gasteiger partial charge is 0.505 e. The van der Waals surface area contributed by atoms with Gasteiger partial charge < -0.3 is 15.2 Å². The lowest BCUT2D eigenvalue weighted by molar-refractivity contribution is -0.146. The highest BCUT2D eigenvalue weighted by atomic mass is 19.4. The molecule has 0 aliphatic carbocycles. The number of rotatable bonds is 4. The lowest BCUT2D eigenvalue weighted by Crippen LogP contribution is -2.50. The predicted octanol–water partition coefficient (Wildman–Crippen LogP) is 3.15. The molecular formula is C18H17F3N2O4. The molecule has 1 aromatic heterocycles. The van der Waals surface area contributed by atoms with E-state index in [0.717, 1.165) is 31.5 Å². The first-order valence-corrected chi connectivity index (χ1v) is 7.73. The van der Waals surface area contributed by atoms with Crippen LogP contribution in [0, 0.1) is 0 Å². The highest BCUT2D eigenvalue weighted by Crippen LogP contribution is 2.33. The number of aromatic nitrogens is 1. The van der Waals surface area contributed by atoms with Gasteiger partial charge in [0.25, 0.3) is 5.91 Å². The highest BCUT2D eigenvalue weighted by Gasteiger charge is 2.32. The van der Waals surface area contributed by atoms with Crippen molar-refractivity contribution in [1.29, 1.82) is 0 Å². The molecule has 6 nitrogen and oxygen atoms in total. The van der Waals surface area contributed by atoms with E-state index >= 15 is 0 Å². The fourth-order valence-corrected chi connectivity index (χ4v) is 2.31. The summed E-state index contributed by atoms with van der Waals surface area (Å²) in [5.41, 5.74) is -2.21. The van der Waals surface area contributed by atoms with Gasteiger partial charge in [0.05, 0.1) is 12.7 Å². The molecular weight excluding hydrogens is 365 g/mol. The smallest absolute Gasteiger partial charge is 0.416 e. The van der Waals surface area contributed by atoms with Crippen LogP contribution in [0.25, 0.3) is 11.1 Å². The van der Waals surface area contributed by atoms with E-state index in [9.17, 15) is 27.9 Å². The van der Waals surface area contributed by atoms with Crippen molar-refractivity contribution in [2.24, 2.45) is 0 Å². The fourth-order valence-electron chi connectivity index (χ4n) is 2.31. The molecule has 0 saturated carbocycles. The monoisotopic (exact) mass is 382 g/mol. The van der Waals surface area contributed by atoms with Crippen LogP contribution in [0.4, 0.5) is 13.2 Å². The van der Waals surface area contributed by atoms with Crippen LogP contribution in [0.15, 0.2) is 36.5 Å². The molecule has 144 valence electrons. The first-order chi connectivity index (χ1) is 12.5. The molecule has 0 spiro atoms. The molecule has 0 saturated heterocycles. The summed E-state index contributed by atoms with van der Waals surface area (Å²) in [6.45, 7) is 2.82. The maximum absolute atomic E-state index is 12.8. The van der Waals surface area contributed by atoms with Gasteiger partial charge in [-0.2, -0.15) is 13.2 Å².